The molecular weight excluding hydrogens is 300 g/mol. The van der Waals surface area contributed by atoms with Crippen LogP contribution in [0.15, 0.2) is 61.1 Å². The molecule has 1 heterocycles. The zero-order chi connectivity index (χ0) is 17.2. The largest absolute Gasteiger partial charge is 0.497 e. The van der Waals surface area contributed by atoms with Crippen LogP contribution in [0, 0.1) is 5.92 Å². The second kappa shape index (κ2) is 6.49. The van der Waals surface area contributed by atoms with Crippen LogP contribution in [-0.2, 0) is 5.60 Å². The minimum Gasteiger partial charge on any atom is -0.497 e. The number of hydrogen-bond donors (Lipinski definition) is 2. The predicted octanol–water partition coefficient (Wildman–Crippen LogP) is 3.98. The smallest absolute Gasteiger partial charge is 0.133 e. The maximum absolute atomic E-state index is 11.3. The number of imidazole rings is 1. The van der Waals surface area contributed by atoms with E-state index in [9.17, 15) is 5.11 Å². The summed E-state index contributed by atoms with van der Waals surface area (Å²) in [6.45, 7) is 4.00. The number of hydrogen-bond acceptors (Lipinski definition) is 3. The summed E-state index contributed by atoms with van der Waals surface area (Å²) in [7, 11) is 1.66. The van der Waals surface area contributed by atoms with E-state index in [1.807, 2.05) is 62.4 Å². The Morgan fingerprint density at radius 1 is 1.00 bits per heavy atom. The van der Waals surface area contributed by atoms with Crippen molar-refractivity contribution < 1.29 is 9.84 Å². The van der Waals surface area contributed by atoms with Crippen LogP contribution >= 0.6 is 0 Å². The van der Waals surface area contributed by atoms with Crippen LogP contribution in [0.5, 0.6) is 5.75 Å². The summed E-state index contributed by atoms with van der Waals surface area (Å²) >= 11 is 0. The summed E-state index contributed by atoms with van der Waals surface area (Å²) in [4.78, 5) is 7.09. The van der Waals surface area contributed by atoms with Crippen molar-refractivity contribution in [3.8, 4) is 16.9 Å². The fourth-order valence-corrected chi connectivity index (χ4v) is 2.96. The van der Waals surface area contributed by atoms with Gasteiger partial charge in [0, 0.05) is 0 Å². The van der Waals surface area contributed by atoms with E-state index in [4.69, 9.17) is 4.74 Å². The van der Waals surface area contributed by atoms with Gasteiger partial charge in [0.25, 0.3) is 0 Å². The fourth-order valence-electron chi connectivity index (χ4n) is 2.96. The van der Waals surface area contributed by atoms with Crippen molar-refractivity contribution in [3.05, 3.63) is 72.3 Å². The summed E-state index contributed by atoms with van der Waals surface area (Å²) in [6, 6.07) is 15.9. The molecule has 0 saturated carbocycles. The van der Waals surface area contributed by atoms with E-state index in [0.717, 1.165) is 22.4 Å². The average molecular weight is 322 g/mol. The predicted molar refractivity (Wildman–Crippen MR) is 94.9 cm³/mol. The van der Waals surface area contributed by atoms with Crippen molar-refractivity contribution in [2.75, 3.05) is 7.11 Å². The van der Waals surface area contributed by atoms with Gasteiger partial charge in [-0.05, 0) is 34.7 Å². The van der Waals surface area contributed by atoms with Crippen LogP contribution in [0.1, 0.15) is 25.1 Å². The molecule has 0 fully saturated rings. The first kappa shape index (κ1) is 16.3. The molecule has 124 valence electrons. The lowest BCUT2D eigenvalue weighted by molar-refractivity contribution is 0.0279. The summed E-state index contributed by atoms with van der Waals surface area (Å²) in [5, 5.41) is 11.3. The Hall–Kier alpha value is -2.59. The average Bonchev–Trinajstić information content (AvgIpc) is 3.16. The van der Waals surface area contributed by atoms with E-state index in [1.54, 1.807) is 19.6 Å². The van der Waals surface area contributed by atoms with E-state index in [-0.39, 0.29) is 5.92 Å². The van der Waals surface area contributed by atoms with Gasteiger partial charge in [-0.25, -0.2) is 4.98 Å². The minimum atomic E-state index is -1.09. The highest BCUT2D eigenvalue weighted by atomic mass is 16.5. The van der Waals surface area contributed by atoms with E-state index >= 15 is 0 Å². The quantitative estimate of drug-likeness (QED) is 0.747. The first-order valence-electron chi connectivity index (χ1n) is 8.02. The Morgan fingerprint density at radius 2 is 1.58 bits per heavy atom. The maximum atomic E-state index is 11.3. The lowest BCUT2D eigenvalue weighted by Crippen LogP contribution is -2.33. The van der Waals surface area contributed by atoms with Gasteiger partial charge in [0.1, 0.15) is 11.4 Å². The maximum Gasteiger partial charge on any atom is 0.133 e. The molecule has 2 N–H and O–H groups in total. The van der Waals surface area contributed by atoms with Crippen LogP contribution < -0.4 is 4.74 Å². The zero-order valence-corrected chi connectivity index (χ0v) is 14.2. The Bertz CT molecular complexity index is 778. The van der Waals surface area contributed by atoms with E-state index in [1.165, 1.54) is 0 Å². The molecular formula is C20H22N2O2. The SMILES string of the molecule is COc1ccc(-c2ccc(C(O)(c3cnc[nH]3)C(C)C)cc2)cc1. The second-order valence-electron chi connectivity index (χ2n) is 6.19. The summed E-state index contributed by atoms with van der Waals surface area (Å²) < 4.78 is 5.19. The Kier molecular flexibility index (Phi) is 4.40. The monoisotopic (exact) mass is 322 g/mol. The van der Waals surface area contributed by atoms with Crippen LogP contribution in [0.4, 0.5) is 0 Å². The Balaban J connectivity index is 1.95. The molecule has 0 saturated heterocycles. The molecule has 0 aliphatic carbocycles. The molecule has 3 rings (SSSR count). The highest BCUT2D eigenvalue weighted by molar-refractivity contribution is 5.64. The molecule has 0 radical (unpaired) electrons. The van der Waals surface area contributed by atoms with Crippen molar-refractivity contribution in [1.29, 1.82) is 0 Å². The van der Waals surface area contributed by atoms with Gasteiger partial charge in [0.15, 0.2) is 0 Å². The van der Waals surface area contributed by atoms with Crippen LogP contribution in [-0.4, -0.2) is 22.2 Å². The lowest BCUT2D eigenvalue weighted by atomic mass is 9.80. The third kappa shape index (κ3) is 2.81. The van der Waals surface area contributed by atoms with Crippen LogP contribution in [0.3, 0.4) is 0 Å². The van der Waals surface area contributed by atoms with Gasteiger partial charge in [0.05, 0.1) is 25.3 Å². The van der Waals surface area contributed by atoms with Crippen molar-refractivity contribution in [1.82, 2.24) is 9.97 Å². The van der Waals surface area contributed by atoms with E-state index < -0.39 is 5.60 Å². The van der Waals surface area contributed by atoms with Crippen molar-refractivity contribution >= 4 is 0 Å². The third-order valence-electron chi connectivity index (χ3n) is 4.49. The first-order valence-corrected chi connectivity index (χ1v) is 8.02. The number of aromatic amines is 1. The summed E-state index contributed by atoms with van der Waals surface area (Å²) in [5.41, 5.74) is 2.66. The number of aromatic nitrogens is 2. The number of nitrogens with one attached hydrogen (secondary N) is 1. The van der Waals surface area contributed by atoms with E-state index in [2.05, 4.69) is 9.97 Å². The van der Waals surface area contributed by atoms with Crippen molar-refractivity contribution in [2.45, 2.75) is 19.4 Å². The number of aliphatic hydroxyl groups is 1. The topological polar surface area (TPSA) is 58.1 Å². The highest BCUT2D eigenvalue weighted by Gasteiger charge is 2.36. The molecule has 4 nitrogen and oxygen atoms in total. The number of nitrogens with zero attached hydrogens (tertiary/aromatic N) is 1. The van der Waals surface area contributed by atoms with Crippen LogP contribution in [0.2, 0.25) is 0 Å². The molecule has 0 bridgehead atoms. The van der Waals surface area contributed by atoms with Crippen molar-refractivity contribution in [3.63, 3.8) is 0 Å². The third-order valence-corrected chi connectivity index (χ3v) is 4.49. The summed E-state index contributed by atoms with van der Waals surface area (Å²) in [5.74, 6) is 0.841. The standard InChI is InChI=1S/C20H22N2O2/c1-14(2)20(23,19-12-21-13-22-19)17-8-4-15(5-9-17)16-6-10-18(24-3)11-7-16/h4-14,23H,1-3H3,(H,21,22). The molecule has 1 atom stereocenters. The zero-order valence-electron chi connectivity index (χ0n) is 14.2. The normalized spacial score (nSPS) is 13.7. The number of ether oxygens (including phenoxy) is 1. The minimum absolute atomic E-state index is 0.00443. The van der Waals surface area contributed by atoms with E-state index in [0.29, 0.717) is 5.69 Å². The highest BCUT2D eigenvalue weighted by Crippen LogP contribution is 2.36. The van der Waals surface area contributed by atoms with Crippen molar-refractivity contribution in [2.24, 2.45) is 5.92 Å². The number of H-pyrrole nitrogens is 1. The fraction of sp³-hybridized carbons (Fsp3) is 0.250. The van der Waals surface area contributed by atoms with Gasteiger partial charge < -0.3 is 14.8 Å². The lowest BCUT2D eigenvalue weighted by Gasteiger charge is -2.31. The Morgan fingerprint density at radius 3 is 2.04 bits per heavy atom. The molecule has 4 heteroatoms. The summed E-state index contributed by atoms with van der Waals surface area (Å²) in [6.07, 6.45) is 3.27. The van der Waals surface area contributed by atoms with Gasteiger partial charge in [0.2, 0.25) is 0 Å². The second-order valence-corrected chi connectivity index (χ2v) is 6.19. The molecule has 1 unspecified atom stereocenters. The van der Waals surface area contributed by atoms with Gasteiger partial charge in [-0.1, -0.05) is 50.2 Å². The first-order chi connectivity index (χ1) is 11.6. The number of rotatable bonds is 5. The molecule has 0 aliphatic heterocycles. The van der Waals surface area contributed by atoms with Gasteiger partial charge in [-0.3, -0.25) is 0 Å². The molecule has 24 heavy (non-hydrogen) atoms. The number of methoxy groups -OCH3 is 1. The Labute approximate surface area is 142 Å². The molecule has 0 amide bonds. The molecule has 1 aromatic heterocycles. The molecule has 2 aromatic carbocycles. The van der Waals surface area contributed by atoms with Gasteiger partial charge in [-0.2, -0.15) is 0 Å². The van der Waals surface area contributed by atoms with Crippen LogP contribution in [0.25, 0.3) is 11.1 Å². The van der Waals surface area contributed by atoms with Gasteiger partial charge >= 0.3 is 0 Å². The van der Waals surface area contributed by atoms with Gasteiger partial charge in [-0.15, -0.1) is 0 Å². The molecule has 0 aliphatic rings. The molecule has 3 aromatic rings. The number of benzene rings is 2. The molecule has 0 spiro atoms.